The van der Waals surface area contributed by atoms with Gasteiger partial charge in [0.05, 0.1) is 11.6 Å². The van der Waals surface area contributed by atoms with Crippen molar-refractivity contribution in [1.29, 1.82) is 0 Å². The zero-order valence-electron chi connectivity index (χ0n) is 11.6. The van der Waals surface area contributed by atoms with Gasteiger partial charge in [-0.3, -0.25) is 0 Å². The summed E-state index contributed by atoms with van der Waals surface area (Å²) >= 11 is 0. The van der Waals surface area contributed by atoms with Crippen LogP contribution in [-0.4, -0.2) is 34.3 Å². The summed E-state index contributed by atoms with van der Waals surface area (Å²) in [4.78, 5) is 27.6. The summed E-state index contributed by atoms with van der Waals surface area (Å²) in [5.41, 5.74) is 2.78. The molecule has 1 aromatic carbocycles. The van der Waals surface area contributed by atoms with Gasteiger partial charge in [-0.1, -0.05) is 37.5 Å². The average molecular weight is 293 g/mol. The predicted molar refractivity (Wildman–Crippen MR) is 74.4 cm³/mol. The van der Waals surface area contributed by atoms with Gasteiger partial charge in [0.2, 0.25) is 0 Å². The minimum Gasteiger partial charge on any atom is -0.479 e. The Labute approximate surface area is 122 Å². The molecule has 21 heavy (non-hydrogen) atoms. The van der Waals surface area contributed by atoms with Crippen molar-refractivity contribution in [2.75, 3.05) is 0 Å². The molecule has 2 rings (SSSR count). The van der Waals surface area contributed by atoms with E-state index in [0.717, 1.165) is 19.3 Å². The first-order valence-corrected chi connectivity index (χ1v) is 7.00. The Morgan fingerprint density at radius 3 is 2.48 bits per heavy atom. The monoisotopic (exact) mass is 293 g/mol. The molecular formula is C15H19NO5. The Morgan fingerprint density at radius 1 is 1.29 bits per heavy atom. The molecule has 1 aliphatic rings. The molecule has 1 aliphatic carbocycles. The van der Waals surface area contributed by atoms with Crippen LogP contribution in [-0.2, 0) is 9.63 Å². The van der Waals surface area contributed by atoms with Gasteiger partial charge in [0.25, 0.3) is 0 Å². The molecule has 0 saturated heterocycles. The lowest BCUT2D eigenvalue weighted by molar-refractivity contribution is -0.150. The molecule has 1 aromatic rings. The van der Waals surface area contributed by atoms with E-state index >= 15 is 0 Å². The maximum Gasteiger partial charge on any atom is 0.356 e. The fourth-order valence-electron chi connectivity index (χ4n) is 2.26. The van der Waals surface area contributed by atoms with E-state index in [9.17, 15) is 14.7 Å². The van der Waals surface area contributed by atoms with Crippen LogP contribution in [0.25, 0.3) is 0 Å². The Morgan fingerprint density at radius 2 is 1.95 bits per heavy atom. The Bertz CT molecular complexity index is 486. The molecule has 0 heterocycles. The molecule has 1 saturated carbocycles. The number of carbonyl (C=O) groups excluding carboxylic acids is 1. The van der Waals surface area contributed by atoms with Gasteiger partial charge in [0, 0.05) is 0 Å². The number of aliphatic carboxylic acids is 1. The van der Waals surface area contributed by atoms with Crippen molar-refractivity contribution in [3.63, 3.8) is 0 Å². The molecule has 2 unspecified atom stereocenters. The number of carboxylic acids is 1. The maximum absolute atomic E-state index is 11.8. The number of hydrogen-bond donors (Lipinski definition) is 3. The van der Waals surface area contributed by atoms with Crippen LogP contribution < -0.4 is 5.48 Å². The Kier molecular flexibility index (Phi) is 5.30. The Hall–Kier alpha value is -1.92. The van der Waals surface area contributed by atoms with Crippen LogP contribution in [0, 0.1) is 5.92 Å². The van der Waals surface area contributed by atoms with Crippen molar-refractivity contribution in [3.05, 3.63) is 35.9 Å². The van der Waals surface area contributed by atoms with E-state index in [-0.39, 0.29) is 0 Å². The van der Waals surface area contributed by atoms with E-state index < -0.39 is 24.1 Å². The van der Waals surface area contributed by atoms with Crippen molar-refractivity contribution < 1.29 is 24.6 Å². The van der Waals surface area contributed by atoms with Crippen molar-refractivity contribution in [3.8, 4) is 0 Å². The number of aliphatic hydroxyl groups excluding tert-OH is 1. The maximum atomic E-state index is 11.8. The first-order chi connectivity index (χ1) is 10.1. The van der Waals surface area contributed by atoms with E-state index in [1.54, 1.807) is 30.3 Å². The van der Waals surface area contributed by atoms with E-state index in [1.165, 1.54) is 0 Å². The third-order valence-electron chi connectivity index (χ3n) is 3.76. The number of aliphatic hydroxyl groups is 1. The minimum atomic E-state index is -1.60. The van der Waals surface area contributed by atoms with Gasteiger partial charge in [-0.15, -0.1) is 5.48 Å². The lowest BCUT2D eigenvalue weighted by Crippen LogP contribution is -2.46. The number of carboxylic acid groups (broad SMARTS) is 1. The molecule has 6 nitrogen and oxygen atoms in total. The van der Waals surface area contributed by atoms with Crippen LogP contribution in [0.4, 0.5) is 0 Å². The van der Waals surface area contributed by atoms with Crippen LogP contribution in [0.2, 0.25) is 0 Å². The highest BCUT2D eigenvalue weighted by atomic mass is 16.7. The summed E-state index contributed by atoms with van der Waals surface area (Å²) in [5.74, 6) is -1.57. The second-order valence-corrected chi connectivity index (χ2v) is 5.30. The highest BCUT2D eigenvalue weighted by Gasteiger charge is 2.31. The van der Waals surface area contributed by atoms with Crippen molar-refractivity contribution in [2.24, 2.45) is 5.92 Å². The number of nitrogens with one attached hydrogen (secondary N) is 1. The SMILES string of the molecule is O=C(ONC(CC1CCC1)C(O)C(=O)O)c1ccccc1. The molecular weight excluding hydrogens is 274 g/mol. The standard InChI is InChI=1S/C15H19NO5/c17-13(14(18)19)12(9-10-5-4-6-10)16-21-15(20)11-7-2-1-3-8-11/h1-3,7-8,10,12-13,16-17H,4-6,9H2,(H,18,19). The lowest BCUT2D eigenvalue weighted by atomic mass is 9.80. The average Bonchev–Trinajstić information content (AvgIpc) is 2.45. The molecule has 0 amide bonds. The highest BCUT2D eigenvalue weighted by Crippen LogP contribution is 2.31. The Balaban J connectivity index is 1.91. The van der Waals surface area contributed by atoms with Gasteiger partial charge in [0.1, 0.15) is 0 Å². The first-order valence-electron chi connectivity index (χ1n) is 7.00. The van der Waals surface area contributed by atoms with Gasteiger partial charge in [-0.05, 0) is 24.5 Å². The third kappa shape index (κ3) is 4.27. The van der Waals surface area contributed by atoms with Gasteiger partial charge < -0.3 is 15.1 Å². The number of carbonyl (C=O) groups is 2. The zero-order chi connectivity index (χ0) is 15.2. The number of benzene rings is 1. The summed E-state index contributed by atoms with van der Waals surface area (Å²) in [6.45, 7) is 0. The van der Waals surface area contributed by atoms with Crippen LogP contribution in [0.1, 0.15) is 36.0 Å². The van der Waals surface area contributed by atoms with Gasteiger partial charge in [0.15, 0.2) is 6.10 Å². The van der Waals surface area contributed by atoms with Crippen LogP contribution >= 0.6 is 0 Å². The second kappa shape index (κ2) is 7.19. The normalized spacial score (nSPS) is 17.6. The van der Waals surface area contributed by atoms with Crippen molar-refractivity contribution in [2.45, 2.75) is 37.8 Å². The zero-order valence-corrected chi connectivity index (χ0v) is 11.6. The minimum absolute atomic E-state index is 0.359. The van der Waals surface area contributed by atoms with Crippen LogP contribution in [0.15, 0.2) is 30.3 Å². The second-order valence-electron chi connectivity index (χ2n) is 5.30. The van der Waals surface area contributed by atoms with Gasteiger partial charge >= 0.3 is 11.9 Å². The summed E-state index contributed by atoms with van der Waals surface area (Å²) in [5, 5.41) is 18.6. The fraction of sp³-hybridized carbons (Fsp3) is 0.467. The molecule has 0 spiro atoms. The summed E-state index contributed by atoms with van der Waals surface area (Å²) in [7, 11) is 0. The van der Waals surface area contributed by atoms with Crippen LogP contribution in [0.5, 0.6) is 0 Å². The summed E-state index contributed by atoms with van der Waals surface area (Å²) < 4.78 is 0. The summed E-state index contributed by atoms with van der Waals surface area (Å²) in [6.07, 6.45) is 2.00. The smallest absolute Gasteiger partial charge is 0.356 e. The fourth-order valence-corrected chi connectivity index (χ4v) is 2.26. The number of hydroxylamine groups is 1. The van der Waals surface area contributed by atoms with Crippen LogP contribution in [0.3, 0.4) is 0 Å². The van der Waals surface area contributed by atoms with Gasteiger partial charge in [-0.2, -0.15) is 0 Å². The largest absolute Gasteiger partial charge is 0.479 e. The topological polar surface area (TPSA) is 95.9 Å². The molecule has 114 valence electrons. The van der Waals surface area contributed by atoms with Gasteiger partial charge in [-0.25, -0.2) is 9.59 Å². The summed E-state index contributed by atoms with van der Waals surface area (Å²) in [6, 6.07) is 7.57. The molecule has 1 fully saturated rings. The number of hydrogen-bond acceptors (Lipinski definition) is 5. The van der Waals surface area contributed by atoms with E-state index in [2.05, 4.69) is 5.48 Å². The van der Waals surface area contributed by atoms with Crippen molar-refractivity contribution >= 4 is 11.9 Å². The highest BCUT2D eigenvalue weighted by molar-refractivity contribution is 5.89. The molecule has 6 heteroatoms. The van der Waals surface area contributed by atoms with E-state index in [4.69, 9.17) is 9.94 Å². The van der Waals surface area contributed by atoms with E-state index in [1.807, 2.05) is 0 Å². The third-order valence-corrected chi connectivity index (χ3v) is 3.76. The molecule has 2 atom stereocenters. The molecule has 0 radical (unpaired) electrons. The predicted octanol–water partition coefficient (Wildman–Crippen LogP) is 1.35. The molecule has 0 aromatic heterocycles. The van der Waals surface area contributed by atoms with E-state index in [0.29, 0.717) is 17.9 Å². The molecule has 0 bridgehead atoms. The quantitative estimate of drug-likeness (QED) is 0.657. The number of rotatable bonds is 7. The van der Waals surface area contributed by atoms with Crippen molar-refractivity contribution in [1.82, 2.24) is 5.48 Å². The molecule has 0 aliphatic heterocycles. The molecule has 3 N–H and O–H groups in total. The first kappa shape index (κ1) is 15.5. The lowest BCUT2D eigenvalue weighted by Gasteiger charge is -2.30.